The lowest BCUT2D eigenvalue weighted by Gasteiger charge is -2.31. The van der Waals surface area contributed by atoms with Crippen LogP contribution in [0.25, 0.3) is 5.69 Å². The number of piperidine rings is 1. The number of nitrogens with zero attached hydrogens (tertiary/aromatic N) is 5. The molecule has 1 aliphatic rings. The lowest BCUT2D eigenvalue weighted by molar-refractivity contribution is -0.274. The number of hydrogen-bond acceptors (Lipinski definition) is 7. The third-order valence-corrected chi connectivity index (χ3v) is 6.75. The number of aromatic nitrogens is 3. The van der Waals surface area contributed by atoms with Crippen molar-refractivity contribution in [1.82, 2.24) is 20.1 Å². The Bertz CT molecular complexity index is 1070. The molecule has 0 saturated carbocycles. The number of rotatable bonds is 10. The minimum Gasteiger partial charge on any atom is -0.406 e. The molecule has 1 aromatic carbocycles. The average Bonchev–Trinajstić information content (AvgIpc) is 3.33. The Balaban J connectivity index is 1.38. The zero-order valence-corrected chi connectivity index (χ0v) is 21.6. The zero-order chi connectivity index (χ0) is 26.8. The molecule has 1 fully saturated rings. The first kappa shape index (κ1) is 28.5. The summed E-state index contributed by atoms with van der Waals surface area (Å²) in [5.74, 6) is 1.21. The molecule has 0 bridgehead atoms. The zero-order valence-electron chi connectivity index (χ0n) is 20.8. The first-order valence-electron chi connectivity index (χ1n) is 12.1. The molecule has 9 nitrogen and oxygen atoms in total. The van der Waals surface area contributed by atoms with Gasteiger partial charge in [-0.1, -0.05) is 6.92 Å². The number of ketones is 1. The number of Topliss-reactive ketones (excluding diaryl/α,β-unsaturated/α-hetero) is 1. The van der Waals surface area contributed by atoms with Gasteiger partial charge in [0.2, 0.25) is 5.95 Å². The highest BCUT2D eigenvalue weighted by molar-refractivity contribution is 8.14. The van der Waals surface area contributed by atoms with Crippen molar-refractivity contribution < 1.29 is 27.5 Å². The van der Waals surface area contributed by atoms with Crippen molar-refractivity contribution >= 4 is 34.6 Å². The van der Waals surface area contributed by atoms with Crippen molar-refractivity contribution in [2.45, 2.75) is 52.3 Å². The molecule has 0 aliphatic carbocycles. The SMILES string of the molecule is CCCC(=O)CSC(C)=NC(=O)NCCC1CCN(c2ncn(-c3ccc(OC(F)(F)F)cc3)n2)CC1. The molecule has 13 heteroatoms. The summed E-state index contributed by atoms with van der Waals surface area (Å²) in [5.41, 5.74) is 0.572. The van der Waals surface area contributed by atoms with Crippen molar-refractivity contribution in [3.05, 3.63) is 30.6 Å². The Morgan fingerprint density at radius 3 is 2.57 bits per heavy atom. The second-order valence-electron chi connectivity index (χ2n) is 8.69. The van der Waals surface area contributed by atoms with Gasteiger partial charge in [0.05, 0.1) is 16.5 Å². The van der Waals surface area contributed by atoms with Gasteiger partial charge in [0.1, 0.15) is 17.9 Å². The van der Waals surface area contributed by atoms with E-state index in [1.165, 1.54) is 47.0 Å². The van der Waals surface area contributed by atoms with Crippen molar-refractivity contribution in [2.75, 3.05) is 30.3 Å². The van der Waals surface area contributed by atoms with Gasteiger partial charge < -0.3 is 15.0 Å². The summed E-state index contributed by atoms with van der Waals surface area (Å²) in [6, 6.07) is 5.04. The molecule has 202 valence electrons. The van der Waals surface area contributed by atoms with Crippen molar-refractivity contribution in [2.24, 2.45) is 10.9 Å². The van der Waals surface area contributed by atoms with E-state index in [0.29, 0.717) is 41.3 Å². The molecular formula is C24H31F3N6O3S. The largest absolute Gasteiger partial charge is 0.573 e. The van der Waals surface area contributed by atoms with E-state index in [1.807, 2.05) is 6.92 Å². The number of hydrogen-bond donors (Lipinski definition) is 1. The van der Waals surface area contributed by atoms with E-state index in [9.17, 15) is 22.8 Å². The number of amides is 2. The van der Waals surface area contributed by atoms with Gasteiger partial charge in [0, 0.05) is 26.1 Å². The van der Waals surface area contributed by atoms with E-state index in [1.54, 1.807) is 6.92 Å². The van der Waals surface area contributed by atoms with Crippen molar-refractivity contribution in [1.29, 1.82) is 0 Å². The molecule has 0 radical (unpaired) electrons. The predicted molar refractivity (Wildman–Crippen MR) is 136 cm³/mol. The second kappa shape index (κ2) is 13.5. The van der Waals surface area contributed by atoms with Crippen LogP contribution in [0.4, 0.5) is 23.9 Å². The number of benzene rings is 1. The molecule has 0 unspecified atom stereocenters. The van der Waals surface area contributed by atoms with Crippen LogP contribution in [0.1, 0.15) is 46.0 Å². The summed E-state index contributed by atoms with van der Waals surface area (Å²) in [5, 5.41) is 7.85. The minimum absolute atomic E-state index is 0.157. The van der Waals surface area contributed by atoms with Crippen LogP contribution in [-0.4, -0.2) is 63.4 Å². The topological polar surface area (TPSA) is 102 Å². The molecule has 0 spiro atoms. The summed E-state index contributed by atoms with van der Waals surface area (Å²) < 4.78 is 42.4. The summed E-state index contributed by atoms with van der Waals surface area (Å²) in [7, 11) is 0. The maximum Gasteiger partial charge on any atom is 0.573 e. The monoisotopic (exact) mass is 540 g/mol. The van der Waals surface area contributed by atoms with E-state index >= 15 is 0 Å². The van der Waals surface area contributed by atoms with Gasteiger partial charge in [-0.05, 0) is 62.8 Å². The van der Waals surface area contributed by atoms with Gasteiger partial charge in [0.25, 0.3) is 0 Å². The molecule has 1 saturated heterocycles. The molecule has 2 heterocycles. The number of anilines is 1. The number of aliphatic imine (C=N–C) groups is 1. The molecule has 2 amide bonds. The number of nitrogens with one attached hydrogen (secondary N) is 1. The van der Waals surface area contributed by atoms with Gasteiger partial charge in [-0.2, -0.15) is 9.98 Å². The molecule has 1 aliphatic heterocycles. The van der Waals surface area contributed by atoms with Gasteiger partial charge >= 0.3 is 12.4 Å². The Morgan fingerprint density at radius 1 is 1.22 bits per heavy atom. The van der Waals surface area contributed by atoms with Crippen LogP contribution in [0.15, 0.2) is 35.6 Å². The summed E-state index contributed by atoms with van der Waals surface area (Å²) >= 11 is 1.29. The smallest absolute Gasteiger partial charge is 0.406 e. The number of alkyl halides is 3. The number of carbonyl (C=O) groups excluding carboxylic acids is 2. The van der Waals surface area contributed by atoms with E-state index in [-0.39, 0.29) is 11.5 Å². The fraction of sp³-hybridized carbons (Fsp3) is 0.542. The summed E-state index contributed by atoms with van der Waals surface area (Å²) in [6.45, 7) is 5.74. The van der Waals surface area contributed by atoms with Crippen LogP contribution in [0.3, 0.4) is 0 Å². The third-order valence-electron chi connectivity index (χ3n) is 5.77. The highest BCUT2D eigenvalue weighted by atomic mass is 32.2. The number of urea groups is 1. The van der Waals surface area contributed by atoms with Crippen LogP contribution in [0.5, 0.6) is 5.75 Å². The molecular weight excluding hydrogens is 509 g/mol. The maximum absolute atomic E-state index is 12.3. The minimum atomic E-state index is -4.73. The lowest BCUT2D eigenvalue weighted by atomic mass is 9.94. The normalized spacial score (nSPS) is 15.1. The Hall–Kier alpha value is -3.09. The second-order valence-corrected chi connectivity index (χ2v) is 9.86. The van der Waals surface area contributed by atoms with E-state index in [2.05, 4.69) is 30.0 Å². The van der Waals surface area contributed by atoms with Gasteiger partial charge in [0.15, 0.2) is 0 Å². The van der Waals surface area contributed by atoms with E-state index < -0.39 is 12.4 Å². The third kappa shape index (κ3) is 9.71. The highest BCUT2D eigenvalue weighted by Gasteiger charge is 2.31. The van der Waals surface area contributed by atoms with Crippen molar-refractivity contribution in [3.63, 3.8) is 0 Å². The van der Waals surface area contributed by atoms with Gasteiger partial charge in [-0.25, -0.2) is 9.48 Å². The average molecular weight is 541 g/mol. The fourth-order valence-corrected chi connectivity index (χ4v) is 4.54. The molecule has 2 aromatic rings. The number of thioether (sulfide) groups is 1. The Kier molecular flexibility index (Phi) is 10.4. The van der Waals surface area contributed by atoms with Gasteiger partial charge in [-0.3, -0.25) is 4.79 Å². The lowest BCUT2D eigenvalue weighted by Crippen LogP contribution is -2.35. The predicted octanol–water partition coefficient (Wildman–Crippen LogP) is 5.00. The maximum atomic E-state index is 12.3. The Morgan fingerprint density at radius 2 is 1.92 bits per heavy atom. The molecule has 0 atom stereocenters. The molecule has 1 aromatic heterocycles. The van der Waals surface area contributed by atoms with E-state index in [0.717, 1.165) is 38.8 Å². The van der Waals surface area contributed by atoms with Crippen LogP contribution >= 0.6 is 11.8 Å². The van der Waals surface area contributed by atoms with Crippen LogP contribution in [0, 0.1) is 5.92 Å². The summed E-state index contributed by atoms with van der Waals surface area (Å²) in [6.07, 6.45) is 0.832. The first-order chi connectivity index (χ1) is 17.6. The Labute approximate surface area is 217 Å². The molecule has 1 N–H and O–H groups in total. The standard InChI is InChI=1S/C24H31F3N6O3S/c1-3-4-20(34)15-37-17(2)30-23(35)28-12-9-18-10-13-32(14-11-18)22-29-16-33(31-22)19-5-7-21(8-6-19)36-24(25,26)27/h5-8,16,18H,3-4,9-15H2,1-2H3,(H,28,35). The van der Waals surface area contributed by atoms with Crippen LogP contribution in [-0.2, 0) is 4.79 Å². The summed E-state index contributed by atoms with van der Waals surface area (Å²) in [4.78, 5) is 34.0. The first-order valence-corrected chi connectivity index (χ1v) is 13.1. The molecule has 37 heavy (non-hydrogen) atoms. The number of halogens is 3. The van der Waals surface area contributed by atoms with Gasteiger partial charge in [-0.15, -0.1) is 30.0 Å². The van der Waals surface area contributed by atoms with Crippen LogP contribution in [0.2, 0.25) is 0 Å². The van der Waals surface area contributed by atoms with Crippen molar-refractivity contribution in [3.8, 4) is 11.4 Å². The number of ether oxygens (including phenoxy) is 1. The number of carbonyl (C=O) groups is 2. The molecule has 3 rings (SSSR count). The quantitative estimate of drug-likeness (QED) is 0.334. The fourth-order valence-electron chi connectivity index (χ4n) is 3.88. The van der Waals surface area contributed by atoms with Crippen LogP contribution < -0.4 is 15.0 Å². The highest BCUT2D eigenvalue weighted by Crippen LogP contribution is 2.25. The van der Waals surface area contributed by atoms with E-state index in [4.69, 9.17) is 0 Å².